The lowest BCUT2D eigenvalue weighted by Crippen LogP contribution is -2.33. The van der Waals surface area contributed by atoms with E-state index in [1.54, 1.807) is 23.9 Å². The molecule has 0 bridgehead atoms. The van der Waals surface area contributed by atoms with Gasteiger partial charge in [-0.2, -0.15) is 9.40 Å². The van der Waals surface area contributed by atoms with Crippen LogP contribution in [0.3, 0.4) is 0 Å². The summed E-state index contributed by atoms with van der Waals surface area (Å²) < 4.78 is 28.7. The summed E-state index contributed by atoms with van der Waals surface area (Å²) in [7, 11) is -1.72. The average Bonchev–Trinajstić information content (AvgIpc) is 3.04. The number of aromatic nitrogens is 4. The lowest BCUT2D eigenvalue weighted by atomic mass is 10.0. The highest BCUT2D eigenvalue weighted by Crippen LogP contribution is 2.40. The van der Waals surface area contributed by atoms with Gasteiger partial charge in [-0.05, 0) is 24.7 Å². The molecule has 2 atom stereocenters. The van der Waals surface area contributed by atoms with Crippen LogP contribution in [0.1, 0.15) is 24.5 Å². The molecule has 2 unspecified atom stereocenters. The Labute approximate surface area is 152 Å². The summed E-state index contributed by atoms with van der Waals surface area (Å²) in [5.41, 5.74) is 1.15. The van der Waals surface area contributed by atoms with Gasteiger partial charge in [0, 0.05) is 57.1 Å². The second kappa shape index (κ2) is 5.75. The van der Waals surface area contributed by atoms with Crippen LogP contribution in [-0.2, 0) is 17.1 Å². The minimum atomic E-state index is -3.45. The van der Waals surface area contributed by atoms with Gasteiger partial charge < -0.3 is 4.90 Å². The monoisotopic (exact) mass is 374 g/mol. The molecule has 2 aromatic heterocycles. The lowest BCUT2D eigenvalue weighted by Gasteiger charge is -2.22. The van der Waals surface area contributed by atoms with Crippen molar-refractivity contribution in [2.45, 2.75) is 23.7 Å². The fraction of sp³-hybridized carbons (Fsp3) is 0.588. The highest BCUT2D eigenvalue weighted by molar-refractivity contribution is 7.89. The number of rotatable bonds is 4. The molecule has 0 radical (unpaired) electrons. The van der Waals surface area contributed by atoms with Gasteiger partial charge in [-0.3, -0.25) is 4.68 Å². The summed E-state index contributed by atoms with van der Waals surface area (Å²) in [6, 6.07) is 2.11. The van der Waals surface area contributed by atoms with Crippen LogP contribution in [-0.4, -0.2) is 58.7 Å². The molecule has 0 spiro atoms. The molecular weight excluding hydrogens is 352 g/mol. The van der Waals surface area contributed by atoms with Gasteiger partial charge in [-0.15, -0.1) is 0 Å². The van der Waals surface area contributed by atoms with E-state index in [9.17, 15) is 8.42 Å². The van der Waals surface area contributed by atoms with E-state index in [-0.39, 0.29) is 4.90 Å². The number of sulfonamides is 1. The van der Waals surface area contributed by atoms with Crippen LogP contribution in [0.15, 0.2) is 29.7 Å². The maximum absolute atomic E-state index is 12.8. The van der Waals surface area contributed by atoms with E-state index in [1.165, 1.54) is 23.7 Å². The molecule has 2 saturated heterocycles. The SMILES string of the molecule is Cn1cc(S(=O)(=O)N2CC3CN(c4cc(C5CC5)ncn4)CC3C2)cn1. The Kier molecular flexibility index (Phi) is 3.58. The number of fused-ring (bicyclic) bond motifs is 1. The van der Waals surface area contributed by atoms with Crippen LogP contribution in [0, 0.1) is 11.8 Å². The molecule has 8 nitrogen and oxygen atoms in total. The van der Waals surface area contributed by atoms with E-state index in [0.29, 0.717) is 30.8 Å². The van der Waals surface area contributed by atoms with Crippen molar-refractivity contribution in [1.82, 2.24) is 24.1 Å². The normalized spacial score (nSPS) is 26.4. The predicted molar refractivity (Wildman–Crippen MR) is 95.2 cm³/mol. The number of hydrogen-bond acceptors (Lipinski definition) is 6. The van der Waals surface area contributed by atoms with Crippen molar-refractivity contribution in [2.75, 3.05) is 31.1 Å². The third-order valence-corrected chi connectivity index (χ3v) is 7.55. The molecule has 138 valence electrons. The third kappa shape index (κ3) is 2.69. The zero-order chi connectivity index (χ0) is 17.9. The zero-order valence-electron chi connectivity index (χ0n) is 14.7. The maximum atomic E-state index is 12.8. The van der Waals surface area contributed by atoms with Crippen molar-refractivity contribution in [3.05, 3.63) is 30.5 Å². The van der Waals surface area contributed by atoms with Crippen LogP contribution < -0.4 is 4.90 Å². The quantitative estimate of drug-likeness (QED) is 0.789. The van der Waals surface area contributed by atoms with Crippen molar-refractivity contribution in [1.29, 1.82) is 0 Å². The molecule has 9 heteroatoms. The first-order valence-electron chi connectivity index (χ1n) is 9.06. The summed E-state index contributed by atoms with van der Waals surface area (Å²) in [6.07, 6.45) is 7.11. The molecule has 1 aliphatic carbocycles. The van der Waals surface area contributed by atoms with Gasteiger partial charge >= 0.3 is 0 Å². The summed E-state index contributed by atoms with van der Waals surface area (Å²) in [4.78, 5) is 11.4. The highest BCUT2D eigenvalue weighted by atomic mass is 32.2. The van der Waals surface area contributed by atoms with Crippen LogP contribution in [0.25, 0.3) is 0 Å². The van der Waals surface area contributed by atoms with E-state index < -0.39 is 10.0 Å². The van der Waals surface area contributed by atoms with Crippen molar-refractivity contribution < 1.29 is 8.42 Å². The fourth-order valence-corrected chi connectivity index (χ4v) is 5.69. The smallest absolute Gasteiger partial charge is 0.246 e. The number of aryl methyl sites for hydroxylation is 1. The van der Waals surface area contributed by atoms with E-state index in [2.05, 4.69) is 26.0 Å². The third-order valence-electron chi connectivity index (χ3n) is 5.77. The summed E-state index contributed by atoms with van der Waals surface area (Å²) in [6.45, 7) is 2.84. The molecule has 2 aromatic rings. The molecule has 5 rings (SSSR count). The minimum absolute atomic E-state index is 0.279. The lowest BCUT2D eigenvalue weighted by molar-refractivity contribution is 0.453. The van der Waals surface area contributed by atoms with Gasteiger partial charge in [0.25, 0.3) is 0 Å². The van der Waals surface area contributed by atoms with Gasteiger partial charge in [0.1, 0.15) is 17.0 Å². The maximum Gasteiger partial charge on any atom is 0.246 e. The molecule has 0 N–H and O–H groups in total. The van der Waals surface area contributed by atoms with Gasteiger partial charge in [-0.1, -0.05) is 0 Å². The molecule has 0 amide bonds. The van der Waals surface area contributed by atoms with Crippen LogP contribution in [0.5, 0.6) is 0 Å². The fourth-order valence-electron chi connectivity index (χ4n) is 4.15. The predicted octanol–water partition coefficient (Wildman–Crippen LogP) is 0.844. The Bertz CT molecular complexity index is 924. The van der Waals surface area contributed by atoms with Crippen LogP contribution >= 0.6 is 0 Å². The topological polar surface area (TPSA) is 84.2 Å². The molecular formula is C17H22N6O2S. The summed E-state index contributed by atoms with van der Waals surface area (Å²) >= 11 is 0. The molecule has 4 heterocycles. The highest BCUT2D eigenvalue weighted by Gasteiger charge is 2.45. The summed E-state index contributed by atoms with van der Waals surface area (Å²) in [5.74, 6) is 2.29. The standard InChI is InChI=1S/C17H22N6O2S/c1-21-10-15(5-20-21)26(24,25)23-8-13-6-22(7-14(13)9-23)17-4-16(12-2-3-12)18-11-19-17/h4-5,10-14H,2-3,6-9H2,1H3. The van der Waals surface area contributed by atoms with Crippen LogP contribution in [0.2, 0.25) is 0 Å². The van der Waals surface area contributed by atoms with E-state index >= 15 is 0 Å². The van der Waals surface area contributed by atoms with Gasteiger partial charge in [0.2, 0.25) is 10.0 Å². The number of nitrogens with zero attached hydrogens (tertiary/aromatic N) is 6. The van der Waals surface area contributed by atoms with E-state index in [4.69, 9.17) is 0 Å². The first-order chi connectivity index (χ1) is 12.5. The molecule has 26 heavy (non-hydrogen) atoms. The number of anilines is 1. The van der Waals surface area contributed by atoms with E-state index in [1.807, 2.05) is 0 Å². The Balaban J connectivity index is 1.30. The molecule has 1 saturated carbocycles. The summed E-state index contributed by atoms with van der Waals surface area (Å²) in [5, 5.41) is 3.99. The molecule has 0 aromatic carbocycles. The Morgan fingerprint density at radius 2 is 1.81 bits per heavy atom. The largest absolute Gasteiger partial charge is 0.356 e. The van der Waals surface area contributed by atoms with Gasteiger partial charge in [-0.25, -0.2) is 18.4 Å². The Morgan fingerprint density at radius 3 is 2.42 bits per heavy atom. The van der Waals surface area contributed by atoms with Crippen molar-refractivity contribution in [2.24, 2.45) is 18.9 Å². The van der Waals surface area contributed by atoms with Gasteiger partial charge in [0.05, 0.1) is 6.20 Å². The van der Waals surface area contributed by atoms with E-state index in [0.717, 1.165) is 24.6 Å². The van der Waals surface area contributed by atoms with Crippen LogP contribution in [0.4, 0.5) is 5.82 Å². The molecule has 3 fully saturated rings. The Hall–Kier alpha value is -2.00. The Morgan fingerprint density at radius 1 is 1.08 bits per heavy atom. The van der Waals surface area contributed by atoms with Crippen molar-refractivity contribution in [3.8, 4) is 0 Å². The number of hydrogen-bond donors (Lipinski definition) is 0. The average molecular weight is 374 g/mol. The molecule has 3 aliphatic rings. The zero-order valence-corrected chi connectivity index (χ0v) is 15.5. The minimum Gasteiger partial charge on any atom is -0.356 e. The first kappa shape index (κ1) is 16.2. The second-order valence-corrected chi connectivity index (χ2v) is 9.61. The van der Waals surface area contributed by atoms with Crippen molar-refractivity contribution >= 4 is 15.8 Å². The molecule has 2 aliphatic heterocycles. The first-order valence-corrected chi connectivity index (χ1v) is 10.5. The second-order valence-electron chi connectivity index (χ2n) is 7.67. The van der Waals surface area contributed by atoms with Crippen molar-refractivity contribution in [3.63, 3.8) is 0 Å². The van der Waals surface area contributed by atoms with Gasteiger partial charge in [0.15, 0.2) is 0 Å².